The largest absolute Gasteiger partial charge is 0.488 e. The van der Waals surface area contributed by atoms with Crippen LogP contribution in [0.5, 0.6) is 5.75 Å². The van der Waals surface area contributed by atoms with Gasteiger partial charge < -0.3 is 35.1 Å². The summed E-state index contributed by atoms with van der Waals surface area (Å²) in [5.41, 5.74) is 8.16. The average molecular weight is 539 g/mol. The van der Waals surface area contributed by atoms with Gasteiger partial charge in [0, 0.05) is 45.1 Å². The van der Waals surface area contributed by atoms with Crippen LogP contribution >= 0.6 is 0 Å². The minimum atomic E-state index is -0.536. The summed E-state index contributed by atoms with van der Waals surface area (Å²) in [5.74, 6) is 0.688. The molecular weight excluding hydrogens is 496 g/mol. The lowest BCUT2D eigenvalue weighted by molar-refractivity contribution is 0.0252. The van der Waals surface area contributed by atoms with E-state index in [1.54, 1.807) is 9.80 Å². The van der Waals surface area contributed by atoms with Gasteiger partial charge in [0.1, 0.15) is 29.7 Å². The molecule has 0 radical (unpaired) electrons. The molecule has 0 spiro atoms. The standard InChI is InChI=1S/C30H42N4O5/c1-30(2,3)39-29(36)34-17-8-7-12-23(20-34)32-27-25(31)13-9-14-26(27)38-24-15-18-33(19-16-24)28(35)37-21-22-10-5-4-6-11-22/h4-6,9-11,13-14,23-24,32H,7-8,12,15-21,31H2,1-3H3. The maximum Gasteiger partial charge on any atom is 0.410 e. The van der Waals surface area contributed by atoms with Gasteiger partial charge in [-0.05, 0) is 57.7 Å². The minimum absolute atomic E-state index is 0.0216. The SMILES string of the molecule is CC(C)(C)OC(=O)N1CCCCC(Nc2c(N)cccc2OC2CCN(C(=O)OCc3ccccc3)CC2)C1. The molecule has 2 saturated heterocycles. The van der Waals surface area contributed by atoms with Crippen molar-refractivity contribution in [2.45, 2.75) is 77.2 Å². The fourth-order valence-electron chi connectivity index (χ4n) is 4.90. The zero-order chi connectivity index (χ0) is 27.8. The molecule has 0 bridgehead atoms. The van der Waals surface area contributed by atoms with Crippen LogP contribution in [0.4, 0.5) is 21.0 Å². The van der Waals surface area contributed by atoms with E-state index in [1.807, 2.05) is 69.3 Å². The summed E-state index contributed by atoms with van der Waals surface area (Å²) >= 11 is 0. The first-order chi connectivity index (χ1) is 18.7. The Morgan fingerprint density at radius 2 is 1.67 bits per heavy atom. The van der Waals surface area contributed by atoms with Gasteiger partial charge in [-0.3, -0.25) is 0 Å². The number of nitrogens with zero attached hydrogens (tertiary/aromatic N) is 2. The predicted octanol–water partition coefficient (Wildman–Crippen LogP) is 5.65. The normalized spacial score (nSPS) is 18.7. The average Bonchev–Trinajstić information content (AvgIpc) is 3.15. The maximum atomic E-state index is 12.7. The molecule has 2 fully saturated rings. The molecular formula is C30H42N4O5. The quantitative estimate of drug-likeness (QED) is 0.458. The van der Waals surface area contributed by atoms with E-state index in [0.717, 1.165) is 30.5 Å². The zero-order valence-corrected chi connectivity index (χ0v) is 23.4. The topological polar surface area (TPSA) is 106 Å². The lowest BCUT2D eigenvalue weighted by Crippen LogP contribution is -2.42. The second-order valence-electron chi connectivity index (χ2n) is 11.3. The summed E-state index contributed by atoms with van der Waals surface area (Å²) in [5, 5.41) is 3.57. The van der Waals surface area contributed by atoms with Crippen LogP contribution in [0.1, 0.15) is 58.4 Å². The second kappa shape index (κ2) is 13.0. The smallest absolute Gasteiger partial charge is 0.410 e. The summed E-state index contributed by atoms with van der Waals surface area (Å²) in [7, 11) is 0. The Balaban J connectivity index is 1.32. The van der Waals surface area contributed by atoms with Crippen molar-refractivity contribution in [2.75, 3.05) is 37.2 Å². The van der Waals surface area contributed by atoms with Crippen LogP contribution in [0.2, 0.25) is 0 Å². The van der Waals surface area contributed by atoms with Gasteiger partial charge in [-0.1, -0.05) is 36.4 Å². The van der Waals surface area contributed by atoms with Crippen molar-refractivity contribution in [2.24, 2.45) is 0 Å². The third-order valence-corrected chi connectivity index (χ3v) is 6.93. The fraction of sp³-hybridized carbons (Fsp3) is 0.533. The number of nitrogens with two attached hydrogens (primary N) is 1. The van der Waals surface area contributed by atoms with Crippen LogP contribution in [-0.4, -0.2) is 65.9 Å². The Bertz CT molecular complexity index is 1100. The molecule has 2 amide bonds. The number of hydrogen-bond donors (Lipinski definition) is 2. The van der Waals surface area contributed by atoms with Gasteiger partial charge in [0.2, 0.25) is 0 Å². The lowest BCUT2D eigenvalue weighted by atomic mass is 10.1. The number of anilines is 2. The molecule has 1 unspecified atom stereocenters. The number of benzene rings is 2. The third-order valence-electron chi connectivity index (χ3n) is 6.93. The van der Waals surface area contributed by atoms with Crippen LogP contribution in [-0.2, 0) is 16.1 Å². The zero-order valence-electron chi connectivity index (χ0n) is 23.4. The summed E-state index contributed by atoms with van der Waals surface area (Å²) in [6.45, 7) is 8.24. The number of nitrogen functional groups attached to an aromatic ring is 1. The molecule has 2 aromatic rings. The molecule has 2 aliphatic heterocycles. The van der Waals surface area contributed by atoms with Gasteiger partial charge in [-0.15, -0.1) is 0 Å². The summed E-state index contributed by atoms with van der Waals surface area (Å²) in [4.78, 5) is 28.8. The number of rotatable bonds is 6. The molecule has 212 valence electrons. The Labute approximate surface area is 231 Å². The summed E-state index contributed by atoms with van der Waals surface area (Å²) in [6, 6.07) is 15.3. The Hall–Kier alpha value is -3.62. The van der Waals surface area contributed by atoms with E-state index in [0.29, 0.717) is 50.5 Å². The molecule has 0 aromatic heterocycles. The molecule has 39 heavy (non-hydrogen) atoms. The highest BCUT2D eigenvalue weighted by atomic mass is 16.6. The highest BCUT2D eigenvalue weighted by molar-refractivity contribution is 5.74. The number of amides is 2. The number of likely N-dealkylation sites (tertiary alicyclic amines) is 2. The first kappa shape index (κ1) is 28.4. The van der Waals surface area contributed by atoms with Crippen LogP contribution in [0.25, 0.3) is 0 Å². The van der Waals surface area contributed by atoms with E-state index in [-0.39, 0.29) is 30.9 Å². The molecule has 2 heterocycles. The highest BCUT2D eigenvalue weighted by Gasteiger charge is 2.29. The van der Waals surface area contributed by atoms with Gasteiger partial charge in [0.15, 0.2) is 0 Å². The van der Waals surface area contributed by atoms with E-state index >= 15 is 0 Å². The molecule has 3 N–H and O–H groups in total. The lowest BCUT2D eigenvalue weighted by Gasteiger charge is -2.32. The summed E-state index contributed by atoms with van der Waals surface area (Å²) in [6.07, 6.45) is 3.61. The molecule has 4 rings (SSSR count). The fourth-order valence-corrected chi connectivity index (χ4v) is 4.90. The van der Waals surface area contributed by atoms with Gasteiger partial charge in [0.05, 0.1) is 5.69 Å². The van der Waals surface area contributed by atoms with E-state index in [2.05, 4.69) is 5.32 Å². The predicted molar refractivity (Wildman–Crippen MR) is 152 cm³/mol. The molecule has 1 atom stereocenters. The Morgan fingerprint density at radius 1 is 0.923 bits per heavy atom. The molecule has 2 aromatic carbocycles. The Kier molecular flexibility index (Phi) is 9.43. The first-order valence-corrected chi connectivity index (χ1v) is 13.9. The Morgan fingerprint density at radius 3 is 2.38 bits per heavy atom. The molecule has 0 aliphatic carbocycles. The maximum absolute atomic E-state index is 12.7. The highest BCUT2D eigenvalue weighted by Crippen LogP contribution is 2.34. The molecule has 0 saturated carbocycles. The molecule has 9 nitrogen and oxygen atoms in total. The van der Waals surface area contributed by atoms with Crippen LogP contribution < -0.4 is 15.8 Å². The number of carbonyl (C=O) groups is 2. The first-order valence-electron chi connectivity index (χ1n) is 13.9. The molecule has 9 heteroatoms. The van der Waals surface area contributed by atoms with Crippen LogP contribution in [0.3, 0.4) is 0 Å². The third kappa shape index (κ3) is 8.43. The minimum Gasteiger partial charge on any atom is -0.488 e. The van der Waals surface area contributed by atoms with Gasteiger partial charge >= 0.3 is 12.2 Å². The van der Waals surface area contributed by atoms with Crippen molar-refractivity contribution in [3.05, 3.63) is 54.1 Å². The van der Waals surface area contributed by atoms with Gasteiger partial charge in [-0.25, -0.2) is 9.59 Å². The van der Waals surface area contributed by atoms with Crippen molar-refractivity contribution < 1.29 is 23.8 Å². The van der Waals surface area contributed by atoms with Gasteiger partial charge in [0.25, 0.3) is 0 Å². The van der Waals surface area contributed by atoms with Crippen LogP contribution in [0.15, 0.2) is 48.5 Å². The van der Waals surface area contributed by atoms with Crippen LogP contribution in [0, 0.1) is 0 Å². The molecule has 2 aliphatic rings. The van der Waals surface area contributed by atoms with Crippen molar-refractivity contribution in [1.82, 2.24) is 9.80 Å². The van der Waals surface area contributed by atoms with Crippen molar-refractivity contribution in [1.29, 1.82) is 0 Å². The second-order valence-corrected chi connectivity index (χ2v) is 11.3. The van der Waals surface area contributed by atoms with Gasteiger partial charge in [-0.2, -0.15) is 0 Å². The monoisotopic (exact) mass is 538 g/mol. The summed E-state index contributed by atoms with van der Waals surface area (Å²) < 4.78 is 17.5. The van der Waals surface area contributed by atoms with E-state index < -0.39 is 5.60 Å². The number of piperidine rings is 1. The van der Waals surface area contributed by atoms with Crippen molar-refractivity contribution in [3.63, 3.8) is 0 Å². The number of hydrogen-bond acceptors (Lipinski definition) is 7. The number of carbonyl (C=O) groups excluding carboxylic acids is 2. The number of nitrogens with one attached hydrogen (secondary N) is 1. The van der Waals surface area contributed by atoms with E-state index in [1.165, 1.54) is 0 Å². The van der Waals surface area contributed by atoms with E-state index in [9.17, 15) is 9.59 Å². The van der Waals surface area contributed by atoms with Crippen molar-refractivity contribution >= 4 is 23.6 Å². The van der Waals surface area contributed by atoms with Crippen molar-refractivity contribution in [3.8, 4) is 5.75 Å². The van der Waals surface area contributed by atoms with E-state index in [4.69, 9.17) is 19.9 Å². The number of ether oxygens (including phenoxy) is 3. The number of para-hydroxylation sites is 1.